The Morgan fingerprint density at radius 1 is 1.50 bits per heavy atom. The van der Waals surface area contributed by atoms with E-state index in [9.17, 15) is 4.79 Å². The van der Waals surface area contributed by atoms with Gasteiger partial charge in [0.1, 0.15) is 10.2 Å². The van der Waals surface area contributed by atoms with E-state index in [0.29, 0.717) is 10.3 Å². The third kappa shape index (κ3) is 4.48. The Morgan fingerprint density at radius 3 is 2.75 bits per heavy atom. The van der Waals surface area contributed by atoms with Crippen LogP contribution in [0.25, 0.3) is 0 Å². The number of hydrogen-bond acceptors (Lipinski definition) is 4. The third-order valence-electron chi connectivity index (χ3n) is 1.46. The van der Waals surface area contributed by atoms with Crippen molar-refractivity contribution in [1.29, 1.82) is 0 Å². The fourth-order valence-corrected chi connectivity index (χ4v) is 1.25. The normalized spacial score (nSPS) is 10.8. The second-order valence-electron chi connectivity index (χ2n) is 4.09. The van der Waals surface area contributed by atoms with Crippen LogP contribution in [0.1, 0.15) is 20.8 Å². The number of nitrogens with zero attached hydrogens (tertiary/aromatic N) is 1. The lowest BCUT2D eigenvalue weighted by Gasteiger charge is -2.20. The Kier molecular flexibility index (Phi) is 4.12. The van der Waals surface area contributed by atoms with Gasteiger partial charge in [0, 0.05) is 6.20 Å². The van der Waals surface area contributed by atoms with E-state index < -0.39 is 11.7 Å². The molecular weight excluding hydrogens is 274 g/mol. The quantitative estimate of drug-likeness (QED) is 0.648. The predicted octanol–water partition coefficient (Wildman–Crippen LogP) is 2.70. The van der Waals surface area contributed by atoms with Crippen molar-refractivity contribution in [3.05, 3.63) is 22.9 Å². The molecule has 16 heavy (non-hydrogen) atoms. The number of carbonyl (C=O) groups is 1. The summed E-state index contributed by atoms with van der Waals surface area (Å²) >= 11 is 3.24. The van der Waals surface area contributed by atoms with Gasteiger partial charge in [-0.05, 0) is 48.8 Å². The minimum absolute atomic E-state index is 0.516. The van der Waals surface area contributed by atoms with Crippen LogP contribution in [0.2, 0.25) is 0 Å². The van der Waals surface area contributed by atoms with Gasteiger partial charge in [-0.2, -0.15) is 0 Å². The molecule has 1 rings (SSSR count). The van der Waals surface area contributed by atoms with Gasteiger partial charge >= 0.3 is 6.09 Å². The van der Waals surface area contributed by atoms with Crippen LogP contribution >= 0.6 is 15.9 Å². The highest BCUT2D eigenvalue weighted by Crippen LogP contribution is 2.17. The van der Waals surface area contributed by atoms with Crippen LogP contribution in [0.15, 0.2) is 22.9 Å². The van der Waals surface area contributed by atoms with E-state index in [4.69, 9.17) is 4.74 Å². The standard InChI is InChI=1S/C10H14BrN3O2/c1-10(2,3)16-9(15)14-13-7-5-4-6-12-8(7)11/h4-6,13H,1-3H3,(H,14,15). The van der Waals surface area contributed by atoms with Gasteiger partial charge in [0.25, 0.3) is 0 Å². The number of nitrogens with one attached hydrogen (secondary N) is 2. The van der Waals surface area contributed by atoms with Gasteiger partial charge in [-0.25, -0.2) is 15.2 Å². The molecule has 0 bridgehead atoms. The number of ether oxygens (including phenoxy) is 1. The number of hydrazine groups is 1. The molecule has 0 saturated carbocycles. The number of carbonyl (C=O) groups excluding carboxylic acids is 1. The number of halogens is 1. The maximum atomic E-state index is 11.3. The minimum Gasteiger partial charge on any atom is -0.443 e. The Hall–Kier alpha value is -1.30. The SMILES string of the molecule is CC(C)(C)OC(=O)NNc1cccnc1Br. The van der Waals surface area contributed by atoms with E-state index in [0.717, 1.165) is 0 Å². The zero-order valence-electron chi connectivity index (χ0n) is 9.37. The van der Waals surface area contributed by atoms with Gasteiger partial charge in [-0.1, -0.05) is 0 Å². The number of anilines is 1. The molecule has 0 unspecified atom stereocenters. The molecule has 88 valence electrons. The number of pyridine rings is 1. The molecular formula is C10H14BrN3O2. The second-order valence-corrected chi connectivity index (χ2v) is 4.84. The fraction of sp³-hybridized carbons (Fsp3) is 0.400. The highest BCUT2D eigenvalue weighted by Gasteiger charge is 2.15. The zero-order chi connectivity index (χ0) is 12.2. The molecule has 0 atom stereocenters. The van der Waals surface area contributed by atoms with Crippen molar-refractivity contribution in [2.24, 2.45) is 0 Å². The number of rotatable bonds is 2. The summed E-state index contributed by atoms with van der Waals surface area (Å²) in [5.41, 5.74) is 5.26. The Morgan fingerprint density at radius 2 is 2.19 bits per heavy atom. The van der Waals surface area contributed by atoms with Crippen LogP contribution < -0.4 is 10.9 Å². The van der Waals surface area contributed by atoms with E-state index >= 15 is 0 Å². The van der Waals surface area contributed by atoms with Crippen molar-refractivity contribution >= 4 is 27.7 Å². The van der Waals surface area contributed by atoms with Crippen molar-refractivity contribution in [3.63, 3.8) is 0 Å². The largest absolute Gasteiger partial charge is 0.443 e. The van der Waals surface area contributed by atoms with E-state index in [1.807, 2.05) is 0 Å². The molecule has 0 radical (unpaired) electrons. The molecule has 1 amide bonds. The molecule has 5 nitrogen and oxygen atoms in total. The molecule has 1 heterocycles. The Labute approximate surface area is 103 Å². The average Bonchev–Trinajstić information content (AvgIpc) is 2.14. The van der Waals surface area contributed by atoms with E-state index in [1.165, 1.54) is 0 Å². The van der Waals surface area contributed by atoms with Gasteiger partial charge in [0.2, 0.25) is 0 Å². The Bertz CT molecular complexity index is 377. The summed E-state index contributed by atoms with van der Waals surface area (Å²) in [6.07, 6.45) is 1.10. The first-order valence-corrected chi connectivity index (χ1v) is 5.53. The fourth-order valence-electron chi connectivity index (χ4n) is 0.901. The first-order chi connectivity index (χ1) is 7.38. The molecule has 0 aliphatic rings. The van der Waals surface area contributed by atoms with Crippen LogP contribution in [0, 0.1) is 0 Å². The lowest BCUT2D eigenvalue weighted by atomic mass is 10.2. The second kappa shape index (κ2) is 5.16. The van der Waals surface area contributed by atoms with Crippen LogP contribution in [0.4, 0.5) is 10.5 Å². The third-order valence-corrected chi connectivity index (χ3v) is 2.09. The first-order valence-electron chi connectivity index (χ1n) is 4.74. The van der Waals surface area contributed by atoms with E-state index in [-0.39, 0.29) is 0 Å². The molecule has 1 aromatic heterocycles. The van der Waals surface area contributed by atoms with Gasteiger partial charge in [0.15, 0.2) is 0 Å². The van der Waals surface area contributed by atoms with E-state index in [1.54, 1.807) is 39.1 Å². The summed E-state index contributed by atoms with van der Waals surface area (Å²) in [7, 11) is 0. The smallest absolute Gasteiger partial charge is 0.426 e. The highest BCUT2D eigenvalue weighted by molar-refractivity contribution is 9.10. The number of amides is 1. The summed E-state index contributed by atoms with van der Waals surface area (Å²) in [4.78, 5) is 15.3. The molecule has 0 aliphatic carbocycles. The first kappa shape index (κ1) is 12.8. The zero-order valence-corrected chi connectivity index (χ0v) is 11.0. The average molecular weight is 288 g/mol. The molecule has 2 N–H and O–H groups in total. The summed E-state index contributed by atoms with van der Waals surface area (Å²) < 4.78 is 5.67. The van der Waals surface area contributed by atoms with Crippen molar-refractivity contribution in [3.8, 4) is 0 Å². The topological polar surface area (TPSA) is 63.2 Å². The number of aromatic nitrogens is 1. The minimum atomic E-state index is -0.539. The molecule has 1 aromatic rings. The maximum Gasteiger partial charge on any atom is 0.426 e. The number of hydrogen-bond donors (Lipinski definition) is 2. The summed E-state index contributed by atoms with van der Waals surface area (Å²) in [6.45, 7) is 5.39. The molecule has 0 fully saturated rings. The van der Waals surface area contributed by atoms with Gasteiger partial charge in [-0.3, -0.25) is 5.43 Å². The molecule has 0 aliphatic heterocycles. The van der Waals surface area contributed by atoms with Gasteiger partial charge in [0.05, 0.1) is 5.69 Å². The molecule has 0 aromatic carbocycles. The van der Waals surface area contributed by atoms with Crippen molar-refractivity contribution < 1.29 is 9.53 Å². The van der Waals surface area contributed by atoms with E-state index in [2.05, 4.69) is 31.8 Å². The lowest BCUT2D eigenvalue weighted by molar-refractivity contribution is 0.0541. The lowest BCUT2D eigenvalue weighted by Crippen LogP contribution is -2.35. The summed E-state index contributed by atoms with van der Waals surface area (Å²) in [5.74, 6) is 0. The van der Waals surface area contributed by atoms with Crippen molar-refractivity contribution in [2.45, 2.75) is 26.4 Å². The van der Waals surface area contributed by atoms with Crippen LogP contribution in [-0.4, -0.2) is 16.7 Å². The summed E-state index contributed by atoms with van der Waals surface area (Å²) in [5, 5.41) is 0. The maximum absolute atomic E-state index is 11.3. The van der Waals surface area contributed by atoms with Crippen LogP contribution in [0.5, 0.6) is 0 Å². The molecule has 6 heteroatoms. The van der Waals surface area contributed by atoms with Gasteiger partial charge in [-0.15, -0.1) is 0 Å². The van der Waals surface area contributed by atoms with Crippen molar-refractivity contribution in [2.75, 3.05) is 5.43 Å². The van der Waals surface area contributed by atoms with Crippen LogP contribution in [0.3, 0.4) is 0 Å². The summed E-state index contributed by atoms with van der Waals surface area (Å²) in [6, 6.07) is 3.53. The van der Waals surface area contributed by atoms with Crippen LogP contribution in [-0.2, 0) is 4.74 Å². The Balaban J connectivity index is 2.47. The predicted molar refractivity (Wildman–Crippen MR) is 64.9 cm³/mol. The van der Waals surface area contributed by atoms with Crippen molar-refractivity contribution in [1.82, 2.24) is 10.4 Å². The molecule has 0 spiro atoms. The van der Waals surface area contributed by atoms with Gasteiger partial charge < -0.3 is 4.74 Å². The molecule has 0 saturated heterocycles. The monoisotopic (exact) mass is 287 g/mol. The highest BCUT2D eigenvalue weighted by atomic mass is 79.9.